The molecule has 0 aliphatic rings. The summed E-state index contributed by atoms with van der Waals surface area (Å²) in [4.78, 5) is 45.2. The minimum atomic E-state index is -4.71. The number of nitro groups is 2. The second kappa shape index (κ2) is 8.68. The molecule has 0 unspecified atom stereocenters. The molecule has 4 aromatic rings. The lowest BCUT2D eigenvalue weighted by Gasteiger charge is -2.09. The van der Waals surface area contributed by atoms with Crippen molar-refractivity contribution in [3.05, 3.63) is 75.7 Å². The van der Waals surface area contributed by atoms with Crippen molar-refractivity contribution in [1.82, 2.24) is 0 Å². The van der Waals surface area contributed by atoms with Crippen LogP contribution in [0.3, 0.4) is 0 Å². The van der Waals surface area contributed by atoms with E-state index in [1.165, 1.54) is 14.2 Å². The first-order chi connectivity index (χ1) is 16.5. The molecule has 0 radical (unpaired) electrons. The van der Waals surface area contributed by atoms with Crippen molar-refractivity contribution in [2.45, 2.75) is 9.79 Å². The summed E-state index contributed by atoms with van der Waals surface area (Å²) in [5, 5.41) is 22.6. The number of nitro benzene ring substituents is 2. The number of sulfone groups is 1. The van der Waals surface area contributed by atoms with Crippen molar-refractivity contribution >= 4 is 64.1 Å². The van der Waals surface area contributed by atoms with E-state index in [1.807, 2.05) is 0 Å². The summed E-state index contributed by atoms with van der Waals surface area (Å²) in [5.41, 5.74) is -0.777. The molecule has 0 spiro atoms. The Morgan fingerprint density at radius 2 is 1.09 bits per heavy atom. The van der Waals surface area contributed by atoms with E-state index in [-0.39, 0.29) is 43.0 Å². The third kappa shape index (κ3) is 4.09. The predicted molar refractivity (Wildman–Crippen MR) is 128 cm³/mol. The number of non-ortho nitro benzene ring substituents is 2. The Labute approximate surface area is 202 Å². The third-order valence-corrected chi connectivity index (χ3v) is 9.06. The summed E-state index contributed by atoms with van der Waals surface area (Å²) in [6, 6.07) is 6.27. The highest BCUT2D eigenvalue weighted by Gasteiger charge is 2.28. The third-order valence-electron chi connectivity index (χ3n) is 4.94. The minimum Gasteiger partial charge on any atom is -0.495 e. The number of fused-ring (bicyclic) bond motifs is 2. The largest absolute Gasteiger partial charge is 0.495 e. The van der Waals surface area contributed by atoms with E-state index >= 15 is 0 Å². The summed E-state index contributed by atoms with van der Waals surface area (Å²) in [7, 11) is -2.23. The molecule has 35 heavy (non-hydrogen) atoms. The highest BCUT2D eigenvalue weighted by molar-refractivity contribution is 7.91. The van der Waals surface area contributed by atoms with E-state index < -0.39 is 39.0 Å². The second-order valence-electron chi connectivity index (χ2n) is 6.95. The van der Waals surface area contributed by atoms with Crippen LogP contribution in [-0.4, -0.2) is 32.5 Å². The summed E-state index contributed by atoms with van der Waals surface area (Å²) < 4.78 is 35.5. The topological polar surface area (TPSA) is 173 Å². The van der Waals surface area contributed by atoms with Gasteiger partial charge < -0.3 is 9.47 Å². The number of ether oxygens (including phenoxy) is 2. The first-order valence-corrected chi connectivity index (χ1v) is 12.4. The zero-order valence-electron chi connectivity index (χ0n) is 17.7. The molecule has 0 amide bonds. The van der Waals surface area contributed by atoms with Gasteiger partial charge in [0.05, 0.1) is 45.6 Å². The van der Waals surface area contributed by atoms with Crippen molar-refractivity contribution in [3.63, 3.8) is 0 Å². The van der Waals surface area contributed by atoms with E-state index in [9.17, 15) is 38.2 Å². The molecule has 0 atom stereocenters. The average Bonchev–Trinajstić information content (AvgIpc) is 2.81. The number of rotatable bonds is 6. The van der Waals surface area contributed by atoms with Crippen LogP contribution in [0, 0.1) is 20.2 Å². The normalized spacial score (nSPS) is 11.5. The molecule has 0 N–H and O–H groups in total. The zero-order valence-corrected chi connectivity index (χ0v) is 20.1. The molecule has 0 aliphatic heterocycles. The highest BCUT2D eigenvalue weighted by atomic mass is 32.2. The van der Waals surface area contributed by atoms with Crippen LogP contribution >= 0.6 is 22.7 Å². The molecular formula is C20H12N2O10S3. The van der Waals surface area contributed by atoms with Gasteiger partial charge >= 0.3 is 0 Å². The van der Waals surface area contributed by atoms with Gasteiger partial charge in [-0.15, -0.1) is 0 Å². The average molecular weight is 537 g/mol. The van der Waals surface area contributed by atoms with Crippen molar-refractivity contribution < 1.29 is 27.7 Å². The van der Waals surface area contributed by atoms with Crippen molar-refractivity contribution in [1.29, 1.82) is 0 Å². The molecule has 2 heterocycles. The Kier molecular flexibility index (Phi) is 6.00. The van der Waals surface area contributed by atoms with Crippen LogP contribution in [0.4, 0.5) is 11.4 Å². The van der Waals surface area contributed by atoms with Crippen molar-refractivity contribution in [2.75, 3.05) is 14.2 Å². The maximum absolute atomic E-state index is 13.4. The number of nitrogens with zero attached hydrogens (tertiary/aromatic N) is 2. The molecule has 0 fully saturated rings. The maximum atomic E-state index is 13.4. The van der Waals surface area contributed by atoms with Gasteiger partial charge in [-0.2, -0.15) is 0 Å². The molecular weight excluding hydrogens is 524 g/mol. The van der Waals surface area contributed by atoms with E-state index in [4.69, 9.17) is 9.47 Å². The van der Waals surface area contributed by atoms with Gasteiger partial charge in [0.25, 0.3) is 20.9 Å². The lowest BCUT2D eigenvalue weighted by molar-refractivity contribution is -0.384. The van der Waals surface area contributed by atoms with Crippen molar-refractivity contribution in [3.8, 4) is 11.5 Å². The molecule has 4 rings (SSSR count). The molecule has 0 bridgehead atoms. The number of methoxy groups -OCH3 is 2. The first kappa shape index (κ1) is 24.2. The summed E-state index contributed by atoms with van der Waals surface area (Å²) in [5.74, 6) is 0.0224. The number of hydrogen-bond acceptors (Lipinski definition) is 12. The predicted octanol–water partition coefficient (Wildman–Crippen LogP) is 3.50. The fourth-order valence-electron chi connectivity index (χ4n) is 3.34. The van der Waals surface area contributed by atoms with Gasteiger partial charge in [-0.05, 0) is 12.1 Å². The molecule has 2 aromatic carbocycles. The SMILES string of the molecule is COc1cc([N+](=O)[O-])cc2cc(S(=O)(=O)c3cc4cc([N+](=O)[O-])cc(OC)c4sc3=O)c(=O)sc12. The van der Waals surface area contributed by atoms with E-state index in [0.717, 1.165) is 36.4 Å². The molecule has 0 saturated heterocycles. The lowest BCUT2D eigenvalue weighted by atomic mass is 10.2. The van der Waals surface area contributed by atoms with Crippen LogP contribution in [0.5, 0.6) is 11.5 Å². The monoisotopic (exact) mass is 536 g/mol. The summed E-state index contributed by atoms with van der Waals surface area (Å²) in [6.45, 7) is 0. The number of hydrogen-bond donors (Lipinski definition) is 0. The Morgan fingerprint density at radius 3 is 1.40 bits per heavy atom. The quantitative estimate of drug-likeness (QED) is 0.262. The zero-order chi connectivity index (χ0) is 25.7. The van der Waals surface area contributed by atoms with Gasteiger partial charge in [-0.3, -0.25) is 29.8 Å². The van der Waals surface area contributed by atoms with Crippen LogP contribution < -0.4 is 19.0 Å². The second-order valence-corrected chi connectivity index (χ2v) is 10.8. The lowest BCUT2D eigenvalue weighted by Crippen LogP contribution is -2.18. The standard InChI is InChI=1S/C20H12N2O10S3/c1-31-13-7-11(21(25)26)3-9-5-15(19(23)33-17(9)13)35(29,30)16-6-10-4-12(22(27)28)8-14(32-2)18(10)34-20(16)24/h3-8H,1-2H3. The van der Waals surface area contributed by atoms with Gasteiger partial charge in [0, 0.05) is 22.9 Å². The molecule has 0 aliphatic carbocycles. The maximum Gasteiger partial charge on any atom is 0.273 e. The Morgan fingerprint density at radius 1 is 0.714 bits per heavy atom. The van der Waals surface area contributed by atoms with Gasteiger partial charge in [0.2, 0.25) is 9.84 Å². The smallest absolute Gasteiger partial charge is 0.273 e. The first-order valence-electron chi connectivity index (χ1n) is 9.33. The van der Waals surface area contributed by atoms with Crippen molar-refractivity contribution in [2.24, 2.45) is 0 Å². The minimum absolute atomic E-state index is 0.0112. The van der Waals surface area contributed by atoms with Crippen LogP contribution in [0.2, 0.25) is 0 Å². The van der Waals surface area contributed by atoms with Gasteiger partial charge in [-0.1, -0.05) is 22.7 Å². The van der Waals surface area contributed by atoms with Gasteiger partial charge in [0.15, 0.2) is 0 Å². The number of benzene rings is 2. The highest BCUT2D eigenvalue weighted by Crippen LogP contribution is 2.36. The van der Waals surface area contributed by atoms with Gasteiger partial charge in [-0.25, -0.2) is 8.42 Å². The van der Waals surface area contributed by atoms with E-state index in [0.29, 0.717) is 22.7 Å². The van der Waals surface area contributed by atoms with E-state index in [1.54, 1.807) is 0 Å². The molecule has 15 heteroatoms. The van der Waals surface area contributed by atoms with Crippen LogP contribution in [-0.2, 0) is 9.84 Å². The fraction of sp³-hybridized carbons (Fsp3) is 0.100. The van der Waals surface area contributed by atoms with Crippen LogP contribution in [0.15, 0.2) is 55.8 Å². The van der Waals surface area contributed by atoms with Crippen LogP contribution in [0.25, 0.3) is 20.2 Å². The Balaban J connectivity index is 2.01. The van der Waals surface area contributed by atoms with Crippen LogP contribution in [0.1, 0.15) is 0 Å². The molecule has 2 aromatic heterocycles. The molecule has 12 nitrogen and oxygen atoms in total. The molecule has 180 valence electrons. The van der Waals surface area contributed by atoms with E-state index in [2.05, 4.69) is 0 Å². The fourth-order valence-corrected chi connectivity index (χ4v) is 7.14. The van der Waals surface area contributed by atoms with Gasteiger partial charge in [0.1, 0.15) is 21.3 Å². The summed E-state index contributed by atoms with van der Waals surface area (Å²) in [6.07, 6.45) is 0. The Bertz CT molecular complexity index is 1670. The molecule has 0 saturated carbocycles. The summed E-state index contributed by atoms with van der Waals surface area (Å²) >= 11 is 0.986. The Hall–Kier alpha value is -3.95.